The molecular weight excluding hydrogens is 362 g/mol. The fourth-order valence-corrected chi connectivity index (χ4v) is 3.37. The Hall–Kier alpha value is -3.08. The van der Waals surface area contributed by atoms with Crippen molar-refractivity contribution in [3.8, 4) is 11.3 Å². The average Bonchev–Trinajstić information content (AvgIpc) is 3.19. The van der Waals surface area contributed by atoms with Gasteiger partial charge in [0, 0.05) is 42.4 Å². The minimum atomic E-state index is 0.00351. The van der Waals surface area contributed by atoms with Crippen molar-refractivity contribution in [2.75, 3.05) is 16.8 Å². The largest absolute Gasteiger partial charge is 0.441 e. The maximum atomic E-state index is 12.2. The van der Waals surface area contributed by atoms with Crippen LogP contribution in [0.25, 0.3) is 11.3 Å². The first kappa shape index (κ1) is 20.6. The van der Waals surface area contributed by atoms with E-state index in [1.54, 1.807) is 6.20 Å². The average molecular weight is 392 g/mol. The lowest BCUT2D eigenvalue weighted by Crippen LogP contribution is -2.30. The van der Waals surface area contributed by atoms with E-state index in [1.165, 1.54) is 5.69 Å². The summed E-state index contributed by atoms with van der Waals surface area (Å²) >= 11 is 0. The molecule has 3 rings (SSSR count). The quantitative estimate of drug-likeness (QED) is 0.520. The van der Waals surface area contributed by atoms with Crippen LogP contribution in [0.3, 0.4) is 0 Å². The maximum Gasteiger partial charge on any atom is 0.224 e. The Morgan fingerprint density at radius 3 is 2.48 bits per heavy atom. The highest BCUT2D eigenvalue weighted by atomic mass is 16.4. The van der Waals surface area contributed by atoms with Crippen molar-refractivity contribution < 1.29 is 9.21 Å². The van der Waals surface area contributed by atoms with Crippen molar-refractivity contribution in [2.24, 2.45) is 0 Å². The molecule has 0 saturated heterocycles. The third-order valence-electron chi connectivity index (χ3n) is 4.85. The Morgan fingerprint density at radius 2 is 1.83 bits per heavy atom. The van der Waals surface area contributed by atoms with E-state index in [0.717, 1.165) is 23.6 Å². The van der Waals surface area contributed by atoms with Gasteiger partial charge in [-0.25, -0.2) is 4.98 Å². The Balaban J connectivity index is 1.46. The molecule has 0 saturated carbocycles. The smallest absolute Gasteiger partial charge is 0.224 e. The van der Waals surface area contributed by atoms with Crippen LogP contribution in [-0.4, -0.2) is 23.5 Å². The van der Waals surface area contributed by atoms with Gasteiger partial charge in [-0.15, -0.1) is 0 Å². The highest BCUT2D eigenvalue weighted by molar-refractivity contribution is 5.90. The van der Waals surface area contributed by atoms with Crippen molar-refractivity contribution in [3.63, 3.8) is 0 Å². The Morgan fingerprint density at radius 1 is 1.10 bits per heavy atom. The van der Waals surface area contributed by atoms with Crippen LogP contribution < -0.4 is 10.2 Å². The molecule has 0 aliphatic rings. The highest BCUT2D eigenvalue weighted by Gasteiger charge is 2.10. The molecule has 0 unspecified atom stereocenters. The number of amides is 1. The molecule has 2 aromatic carbocycles. The predicted molar refractivity (Wildman–Crippen MR) is 118 cm³/mol. The fraction of sp³-hybridized carbons (Fsp3) is 0.333. The zero-order valence-corrected chi connectivity index (χ0v) is 17.4. The van der Waals surface area contributed by atoms with Crippen LogP contribution >= 0.6 is 0 Å². The molecule has 5 nitrogen and oxygen atoms in total. The van der Waals surface area contributed by atoms with Gasteiger partial charge >= 0.3 is 0 Å². The summed E-state index contributed by atoms with van der Waals surface area (Å²) in [5.74, 6) is 1.42. The summed E-state index contributed by atoms with van der Waals surface area (Å²) in [5.41, 5.74) is 2.99. The van der Waals surface area contributed by atoms with Gasteiger partial charge in [0.2, 0.25) is 5.91 Å². The number of nitrogens with one attached hydrogen (secondary N) is 1. The summed E-state index contributed by atoms with van der Waals surface area (Å²) in [5, 5.41) is 2.96. The van der Waals surface area contributed by atoms with Crippen LogP contribution in [0.2, 0.25) is 0 Å². The number of anilines is 2. The fourth-order valence-electron chi connectivity index (χ4n) is 3.37. The molecule has 3 aromatic rings. The van der Waals surface area contributed by atoms with Crippen LogP contribution in [0.4, 0.5) is 11.4 Å². The number of carbonyl (C=O) groups is 1. The van der Waals surface area contributed by atoms with Gasteiger partial charge in [0.05, 0.1) is 6.20 Å². The molecule has 0 radical (unpaired) electrons. The monoisotopic (exact) mass is 391 g/mol. The van der Waals surface area contributed by atoms with Crippen molar-refractivity contribution in [1.82, 2.24) is 4.98 Å². The van der Waals surface area contributed by atoms with E-state index in [9.17, 15) is 4.79 Å². The predicted octanol–water partition coefficient (Wildman–Crippen LogP) is 5.54. The van der Waals surface area contributed by atoms with Gasteiger partial charge < -0.3 is 14.6 Å². The lowest BCUT2D eigenvalue weighted by Gasteiger charge is -2.27. The van der Waals surface area contributed by atoms with E-state index in [1.807, 2.05) is 42.5 Å². The number of rotatable bonds is 9. The number of hydrogen-bond donors (Lipinski definition) is 1. The van der Waals surface area contributed by atoms with E-state index in [2.05, 4.69) is 48.1 Å². The topological polar surface area (TPSA) is 58.4 Å². The molecule has 1 N–H and O–H groups in total. The third-order valence-corrected chi connectivity index (χ3v) is 4.85. The van der Waals surface area contributed by atoms with Crippen LogP contribution in [0.1, 0.15) is 39.5 Å². The van der Waals surface area contributed by atoms with Crippen molar-refractivity contribution in [1.29, 1.82) is 0 Å². The van der Waals surface area contributed by atoms with Crippen LogP contribution in [0.5, 0.6) is 0 Å². The molecule has 0 aliphatic carbocycles. The minimum absolute atomic E-state index is 0.00351. The van der Waals surface area contributed by atoms with Crippen molar-refractivity contribution in [2.45, 2.75) is 46.1 Å². The van der Waals surface area contributed by atoms with E-state index < -0.39 is 0 Å². The number of benzene rings is 2. The normalized spacial score (nSPS) is 10.9. The van der Waals surface area contributed by atoms with E-state index in [-0.39, 0.29) is 5.91 Å². The molecule has 1 amide bonds. The Bertz CT molecular complexity index is 901. The summed E-state index contributed by atoms with van der Waals surface area (Å²) < 4.78 is 5.79. The van der Waals surface area contributed by atoms with E-state index >= 15 is 0 Å². The molecule has 29 heavy (non-hydrogen) atoms. The van der Waals surface area contributed by atoms with Gasteiger partial charge in [0.15, 0.2) is 11.7 Å². The number of hydrogen-bond acceptors (Lipinski definition) is 4. The number of carbonyl (C=O) groups excluding carboxylic acids is 1. The van der Waals surface area contributed by atoms with Crippen LogP contribution in [0, 0.1) is 0 Å². The van der Waals surface area contributed by atoms with Gasteiger partial charge in [-0.05, 0) is 51.5 Å². The maximum absolute atomic E-state index is 12.2. The summed E-state index contributed by atoms with van der Waals surface area (Å²) in [6, 6.07) is 18.3. The zero-order valence-electron chi connectivity index (χ0n) is 17.4. The second-order valence-electron chi connectivity index (χ2n) is 7.31. The van der Waals surface area contributed by atoms with Crippen molar-refractivity contribution in [3.05, 3.63) is 66.7 Å². The second-order valence-corrected chi connectivity index (χ2v) is 7.31. The number of nitrogens with zero attached hydrogens (tertiary/aromatic N) is 2. The molecule has 0 spiro atoms. The molecule has 1 aromatic heterocycles. The van der Waals surface area contributed by atoms with Crippen LogP contribution in [0.15, 0.2) is 65.2 Å². The number of oxazole rings is 1. The van der Waals surface area contributed by atoms with Gasteiger partial charge in [-0.3, -0.25) is 4.79 Å². The SMILES string of the molecule is CCN(c1ccc(NC(=O)CCCc2ncc(-c3ccccc3)o2)cc1)C(C)C. The van der Waals surface area contributed by atoms with Crippen molar-refractivity contribution >= 4 is 17.3 Å². The Labute approximate surface area is 172 Å². The molecule has 0 aliphatic heterocycles. The summed E-state index contributed by atoms with van der Waals surface area (Å²) in [4.78, 5) is 18.9. The van der Waals surface area contributed by atoms with E-state index in [0.29, 0.717) is 31.2 Å². The molecule has 5 heteroatoms. The first-order valence-electron chi connectivity index (χ1n) is 10.2. The summed E-state index contributed by atoms with van der Waals surface area (Å²) in [6.45, 7) is 7.45. The molecule has 0 atom stereocenters. The minimum Gasteiger partial charge on any atom is -0.441 e. The molecule has 0 bridgehead atoms. The lowest BCUT2D eigenvalue weighted by molar-refractivity contribution is -0.116. The Kier molecular flexibility index (Phi) is 7.06. The zero-order chi connectivity index (χ0) is 20.6. The van der Waals surface area contributed by atoms with Gasteiger partial charge in [-0.1, -0.05) is 30.3 Å². The van der Waals surface area contributed by atoms with Crippen LogP contribution in [-0.2, 0) is 11.2 Å². The molecule has 1 heterocycles. The lowest BCUT2D eigenvalue weighted by atomic mass is 10.2. The van der Waals surface area contributed by atoms with E-state index in [4.69, 9.17) is 4.42 Å². The third kappa shape index (κ3) is 5.70. The van der Waals surface area contributed by atoms with Gasteiger partial charge in [0.25, 0.3) is 0 Å². The summed E-state index contributed by atoms with van der Waals surface area (Å²) in [6.07, 6.45) is 3.50. The standard InChI is InChI=1S/C24H29N3O2/c1-4-27(18(2)3)21-15-13-20(14-16-21)26-23(28)11-8-12-24-25-17-22(29-24)19-9-6-5-7-10-19/h5-7,9-10,13-18H,4,8,11-12H2,1-3H3,(H,26,28). The second kappa shape index (κ2) is 9.92. The first-order valence-corrected chi connectivity index (χ1v) is 10.2. The van der Waals surface area contributed by atoms with Gasteiger partial charge in [0.1, 0.15) is 0 Å². The van der Waals surface area contributed by atoms with Gasteiger partial charge in [-0.2, -0.15) is 0 Å². The molecular formula is C24H29N3O2. The molecule has 152 valence electrons. The summed E-state index contributed by atoms with van der Waals surface area (Å²) in [7, 11) is 0. The number of aromatic nitrogens is 1. The molecule has 0 fully saturated rings. The first-order chi connectivity index (χ1) is 14.1. The number of aryl methyl sites for hydroxylation is 1. The highest BCUT2D eigenvalue weighted by Crippen LogP contribution is 2.21.